The fourth-order valence-electron chi connectivity index (χ4n) is 2.71. The average Bonchev–Trinajstić information content (AvgIpc) is 3.04. The highest BCUT2D eigenvalue weighted by Crippen LogP contribution is 2.32. The van der Waals surface area contributed by atoms with Gasteiger partial charge in [0.25, 0.3) is 11.7 Å². The molecule has 1 aromatic heterocycles. The number of amides is 1. The monoisotopic (exact) mass is 400 g/mol. The molecular formula is C18H13BrN2O4. The molecule has 7 heteroatoms. The lowest BCUT2D eigenvalue weighted by molar-refractivity contribution is -0.112. The van der Waals surface area contributed by atoms with Gasteiger partial charge in [-0.25, -0.2) is 0 Å². The molecule has 4 rings (SSSR count). The highest BCUT2D eigenvalue weighted by Gasteiger charge is 2.21. The van der Waals surface area contributed by atoms with Gasteiger partial charge in [-0.15, -0.1) is 0 Å². The second-order valence-corrected chi connectivity index (χ2v) is 6.45. The van der Waals surface area contributed by atoms with Crippen LogP contribution in [-0.4, -0.2) is 29.9 Å². The number of aromatic amines is 1. The predicted octanol–water partition coefficient (Wildman–Crippen LogP) is 3.52. The van der Waals surface area contributed by atoms with E-state index in [2.05, 4.69) is 26.2 Å². The fraction of sp³-hybridized carbons (Fsp3) is 0.111. The highest BCUT2D eigenvalue weighted by atomic mass is 79.9. The van der Waals surface area contributed by atoms with Crippen LogP contribution in [0.5, 0.6) is 11.5 Å². The van der Waals surface area contributed by atoms with Crippen molar-refractivity contribution in [3.8, 4) is 11.5 Å². The lowest BCUT2D eigenvalue weighted by Gasteiger charge is -2.18. The summed E-state index contributed by atoms with van der Waals surface area (Å²) >= 11 is 3.37. The summed E-state index contributed by atoms with van der Waals surface area (Å²) in [5.74, 6) is -0.152. The number of fused-ring (bicyclic) bond motifs is 2. The molecule has 0 saturated carbocycles. The second kappa shape index (κ2) is 6.25. The Morgan fingerprint density at radius 3 is 2.68 bits per heavy atom. The summed E-state index contributed by atoms with van der Waals surface area (Å²) in [4.78, 5) is 27.9. The number of Topliss-reactive ketones (excluding diaryl/α,β-unsaturated/α-hetero) is 1. The van der Waals surface area contributed by atoms with Crippen LogP contribution in [0.3, 0.4) is 0 Å². The van der Waals surface area contributed by atoms with Crippen LogP contribution in [0.25, 0.3) is 10.9 Å². The topological polar surface area (TPSA) is 80.4 Å². The third kappa shape index (κ3) is 2.98. The Morgan fingerprint density at radius 1 is 1.04 bits per heavy atom. The molecule has 1 aliphatic rings. The van der Waals surface area contributed by atoms with E-state index in [1.54, 1.807) is 30.5 Å². The predicted molar refractivity (Wildman–Crippen MR) is 96.4 cm³/mol. The minimum Gasteiger partial charge on any atom is -0.486 e. The van der Waals surface area contributed by atoms with E-state index in [4.69, 9.17) is 9.47 Å². The van der Waals surface area contributed by atoms with Crippen molar-refractivity contribution >= 4 is 44.2 Å². The lowest BCUT2D eigenvalue weighted by atomic mass is 10.1. The third-order valence-electron chi connectivity index (χ3n) is 3.89. The maximum Gasteiger partial charge on any atom is 0.296 e. The molecule has 2 N–H and O–H groups in total. The Bertz CT molecular complexity index is 996. The summed E-state index contributed by atoms with van der Waals surface area (Å²) < 4.78 is 11.7. The van der Waals surface area contributed by atoms with E-state index < -0.39 is 11.7 Å². The summed E-state index contributed by atoms with van der Waals surface area (Å²) in [5, 5.41) is 3.30. The molecule has 126 valence electrons. The summed E-state index contributed by atoms with van der Waals surface area (Å²) in [6.07, 6.45) is 1.54. The molecule has 0 fully saturated rings. The number of carbonyl (C=O) groups excluding carboxylic acids is 2. The van der Waals surface area contributed by atoms with Crippen molar-refractivity contribution in [1.29, 1.82) is 0 Å². The molecule has 0 radical (unpaired) electrons. The van der Waals surface area contributed by atoms with Gasteiger partial charge in [0.15, 0.2) is 11.5 Å². The molecule has 0 unspecified atom stereocenters. The maximum atomic E-state index is 12.5. The van der Waals surface area contributed by atoms with Gasteiger partial charge in [0.1, 0.15) is 13.2 Å². The standard InChI is InChI=1S/C18H13BrN2O4/c19-10-1-3-14-12(7-10)13(9-20-14)17(22)18(23)21-11-2-4-15-16(8-11)25-6-5-24-15/h1-4,7-9,20H,5-6H2,(H,21,23). The van der Waals surface area contributed by atoms with Crippen molar-refractivity contribution < 1.29 is 19.1 Å². The summed E-state index contributed by atoms with van der Waals surface area (Å²) in [5.41, 5.74) is 1.59. The number of ketones is 1. The van der Waals surface area contributed by atoms with Gasteiger partial charge in [-0.05, 0) is 30.3 Å². The summed E-state index contributed by atoms with van der Waals surface area (Å²) in [7, 11) is 0. The number of nitrogens with one attached hydrogen (secondary N) is 2. The van der Waals surface area contributed by atoms with E-state index in [1.807, 2.05) is 12.1 Å². The molecule has 1 aliphatic heterocycles. The Morgan fingerprint density at radius 2 is 1.84 bits per heavy atom. The van der Waals surface area contributed by atoms with Gasteiger partial charge >= 0.3 is 0 Å². The van der Waals surface area contributed by atoms with Gasteiger partial charge in [-0.1, -0.05) is 15.9 Å². The van der Waals surface area contributed by atoms with Gasteiger partial charge in [0, 0.05) is 33.3 Å². The summed E-state index contributed by atoms with van der Waals surface area (Å²) in [6.45, 7) is 0.945. The molecule has 0 aliphatic carbocycles. The number of hydrogen-bond acceptors (Lipinski definition) is 4. The molecule has 0 atom stereocenters. The Hall–Kier alpha value is -2.80. The minimum absolute atomic E-state index is 0.325. The van der Waals surface area contributed by atoms with Gasteiger partial charge < -0.3 is 19.8 Å². The Balaban J connectivity index is 1.58. The van der Waals surface area contributed by atoms with E-state index in [-0.39, 0.29) is 0 Å². The van der Waals surface area contributed by atoms with E-state index in [0.29, 0.717) is 41.3 Å². The van der Waals surface area contributed by atoms with Crippen molar-refractivity contribution in [3.63, 3.8) is 0 Å². The van der Waals surface area contributed by atoms with E-state index in [0.717, 1.165) is 9.99 Å². The number of H-pyrrole nitrogens is 1. The van der Waals surface area contributed by atoms with Crippen LogP contribution in [0.4, 0.5) is 5.69 Å². The van der Waals surface area contributed by atoms with Gasteiger partial charge in [-0.3, -0.25) is 9.59 Å². The first-order valence-electron chi connectivity index (χ1n) is 7.64. The zero-order valence-electron chi connectivity index (χ0n) is 13.0. The number of aromatic nitrogens is 1. The highest BCUT2D eigenvalue weighted by molar-refractivity contribution is 9.10. The van der Waals surface area contributed by atoms with Crippen LogP contribution in [0, 0.1) is 0 Å². The van der Waals surface area contributed by atoms with Crippen molar-refractivity contribution in [1.82, 2.24) is 4.98 Å². The SMILES string of the molecule is O=C(Nc1ccc2c(c1)OCCO2)C(=O)c1c[nH]c2ccc(Br)cc12. The van der Waals surface area contributed by atoms with Crippen molar-refractivity contribution in [2.24, 2.45) is 0 Å². The Kier molecular flexibility index (Phi) is 3.93. The minimum atomic E-state index is -0.711. The molecule has 0 saturated heterocycles. The first-order chi connectivity index (χ1) is 12.1. The lowest BCUT2D eigenvalue weighted by Crippen LogP contribution is -2.23. The largest absolute Gasteiger partial charge is 0.486 e. The van der Waals surface area contributed by atoms with Crippen molar-refractivity contribution in [2.45, 2.75) is 0 Å². The van der Waals surface area contributed by atoms with E-state index >= 15 is 0 Å². The van der Waals surface area contributed by atoms with Crippen LogP contribution in [0.1, 0.15) is 10.4 Å². The quantitative estimate of drug-likeness (QED) is 0.520. The van der Waals surface area contributed by atoms with Crippen LogP contribution < -0.4 is 14.8 Å². The van der Waals surface area contributed by atoms with Crippen molar-refractivity contribution in [3.05, 3.63) is 52.6 Å². The van der Waals surface area contributed by atoms with Crippen LogP contribution in [0.2, 0.25) is 0 Å². The maximum absolute atomic E-state index is 12.5. The average molecular weight is 401 g/mol. The number of hydrogen-bond donors (Lipinski definition) is 2. The second-order valence-electron chi connectivity index (χ2n) is 5.53. The third-order valence-corrected chi connectivity index (χ3v) is 4.39. The van der Waals surface area contributed by atoms with Gasteiger partial charge in [0.2, 0.25) is 0 Å². The number of carbonyl (C=O) groups is 2. The molecule has 1 amide bonds. The van der Waals surface area contributed by atoms with E-state index in [9.17, 15) is 9.59 Å². The number of benzene rings is 2. The molecule has 0 bridgehead atoms. The molecule has 2 aromatic carbocycles. The first kappa shape index (κ1) is 15.7. The molecule has 0 spiro atoms. The molecule has 2 heterocycles. The number of halogens is 1. The zero-order valence-corrected chi connectivity index (χ0v) is 14.6. The number of ether oxygens (including phenoxy) is 2. The molecule has 25 heavy (non-hydrogen) atoms. The summed E-state index contributed by atoms with van der Waals surface area (Å²) in [6, 6.07) is 10.5. The number of anilines is 1. The zero-order chi connectivity index (χ0) is 17.4. The number of rotatable bonds is 3. The van der Waals surface area contributed by atoms with Gasteiger partial charge in [-0.2, -0.15) is 0 Å². The Labute approximate surface area is 151 Å². The molecule has 6 nitrogen and oxygen atoms in total. The van der Waals surface area contributed by atoms with Crippen LogP contribution in [-0.2, 0) is 4.79 Å². The van der Waals surface area contributed by atoms with Crippen LogP contribution >= 0.6 is 15.9 Å². The van der Waals surface area contributed by atoms with Crippen LogP contribution in [0.15, 0.2) is 47.1 Å². The van der Waals surface area contributed by atoms with Gasteiger partial charge in [0.05, 0.1) is 5.56 Å². The van der Waals surface area contributed by atoms with E-state index in [1.165, 1.54) is 0 Å². The smallest absolute Gasteiger partial charge is 0.296 e. The fourth-order valence-corrected chi connectivity index (χ4v) is 3.07. The molecular weight excluding hydrogens is 388 g/mol. The normalized spacial score (nSPS) is 12.8. The molecule has 3 aromatic rings. The first-order valence-corrected chi connectivity index (χ1v) is 8.43. The van der Waals surface area contributed by atoms with Crippen molar-refractivity contribution in [2.75, 3.05) is 18.5 Å².